The van der Waals surface area contributed by atoms with Gasteiger partial charge in [0.1, 0.15) is 0 Å². The zero-order valence-corrected chi connectivity index (χ0v) is 14.5. The van der Waals surface area contributed by atoms with E-state index in [0.717, 1.165) is 27.6 Å². The molecule has 0 amide bonds. The van der Waals surface area contributed by atoms with Crippen molar-refractivity contribution in [2.75, 3.05) is 6.61 Å². The molecule has 2 heterocycles. The average Bonchev–Trinajstić information content (AvgIpc) is 3.00. The first-order valence-corrected chi connectivity index (χ1v) is 8.40. The lowest BCUT2D eigenvalue weighted by molar-refractivity contribution is -0.146. The lowest BCUT2D eigenvalue weighted by Gasteiger charge is -2.14. The summed E-state index contributed by atoms with van der Waals surface area (Å²) in [5.74, 6) is -0.827. The van der Waals surface area contributed by atoms with Crippen LogP contribution in [0.5, 0.6) is 0 Å². The van der Waals surface area contributed by atoms with Gasteiger partial charge in [-0.3, -0.25) is 9.59 Å². The van der Waals surface area contributed by atoms with Crippen molar-refractivity contribution in [2.24, 2.45) is 0 Å². The summed E-state index contributed by atoms with van der Waals surface area (Å²) in [7, 11) is 0. The normalized spacial score (nSPS) is 15.4. The summed E-state index contributed by atoms with van der Waals surface area (Å²) < 4.78 is 46.3. The molecule has 4 rings (SSSR count). The van der Waals surface area contributed by atoms with Crippen molar-refractivity contribution in [3.8, 4) is 5.69 Å². The molecule has 0 spiro atoms. The van der Waals surface area contributed by atoms with Crippen LogP contribution in [0.25, 0.3) is 16.5 Å². The molecule has 0 bridgehead atoms. The Bertz CT molecular complexity index is 1240. The summed E-state index contributed by atoms with van der Waals surface area (Å²) in [4.78, 5) is 38.5. The van der Waals surface area contributed by atoms with Crippen molar-refractivity contribution < 1.29 is 22.7 Å². The Morgan fingerprint density at radius 1 is 1.07 bits per heavy atom. The molecule has 144 valence electrons. The van der Waals surface area contributed by atoms with E-state index in [2.05, 4.69) is 0 Å². The van der Waals surface area contributed by atoms with E-state index in [4.69, 9.17) is 4.74 Å². The third-order valence-electron chi connectivity index (χ3n) is 4.64. The lowest BCUT2D eigenvalue weighted by Crippen LogP contribution is -2.38. The van der Waals surface area contributed by atoms with Gasteiger partial charge in [-0.25, -0.2) is 14.2 Å². The van der Waals surface area contributed by atoms with Crippen LogP contribution in [0.3, 0.4) is 0 Å². The van der Waals surface area contributed by atoms with E-state index in [1.54, 1.807) is 19.1 Å². The largest absolute Gasteiger partial charge is 0.464 e. The Balaban J connectivity index is 2.14. The number of hydrogen-bond acceptors (Lipinski definition) is 4. The van der Waals surface area contributed by atoms with E-state index in [9.17, 15) is 27.6 Å². The Labute approximate surface area is 155 Å². The number of halogens is 3. The second-order valence-electron chi connectivity index (χ2n) is 6.24. The Morgan fingerprint density at radius 3 is 2.32 bits per heavy atom. The molecule has 28 heavy (non-hydrogen) atoms. The molecule has 3 aromatic rings. The van der Waals surface area contributed by atoms with Crippen LogP contribution in [-0.4, -0.2) is 21.9 Å². The average molecular weight is 390 g/mol. The van der Waals surface area contributed by atoms with Crippen LogP contribution in [0.1, 0.15) is 24.1 Å². The summed E-state index contributed by atoms with van der Waals surface area (Å²) >= 11 is 0. The van der Waals surface area contributed by atoms with E-state index in [1.807, 2.05) is 0 Å². The van der Waals surface area contributed by atoms with Crippen molar-refractivity contribution >= 4 is 16.7 Å². The molecule has 0 saturated heterocycles. The van der Waals surface area contributed by atoms with Crippen LogP contribution >= 0.6 is 0 Å². The molecule has 0 fully saturated rings. The number of esters is 1. The maximum atomic E-state index is 13.2. The number of alkyl halides is 3. The number of carbonyl (C=O) groups excluding carboxylic acids is 1. The van der Waals surface area contributed by atoms with E-state index in [1.165, 1.54) is 12.1 Å². The highest BCUT2D eigenvalue weighted by atomic mass is 19.4. The van der Waals surface area contributed by atoms with E-state index < -0.39 is 34.9 Å². The number of fused-ring (bicyclic) bond motifs is 4. The Morgan fingerprint density at radius 2 is 1.71 bits per heavy atom. The number of hydrogen-bond donors (Lipinski definition) is 0. The van der Waals surface area contributed by atoms with Crippen LogP contribution in [0.15, 0.2) is 52.1 Å². The quantitative estimate of drug-likeness (QED) is 0.631. The van der Waals surface area contributed by atoms with Crippen molar-refractivity contribution in [2.45, 2.75) is 19.1 Å². The van der Waals surface area contributed by atoms with E-state index >= 15 is 0 Å². The topological polar surface area (TPSA) is 70.3 Å². The van der Waals surface area contributed by atoms with Gasteiger partial charge in [0, 0.05) is 5.56 Å². The molecule has 0 unspecified atom stereocenters. The minimum atomic E-state index is -4.65. The molecular weight excluding hydrogens is 377 g/mol. The summed E-state index contributed by atoms with van der Waals surface area (Å²) in [6.07, 6.45) is -4.65. The minimum absolute atomic E-state index is 0.0118. The van der Waals surface area contributed by atoms with Gasteiger partial charge < -0.3 is 4.74 Å². The smallest absolute Gasteiger partial charge is 0.416 e. The highest BCUT2D eigenvalue weighted by Crippen LogP contribution is 2.37. The summed E-state index contributed by atoms with van der Waals surface area (Å²) in [5.41, 5.74) is -2.42. The predicted molar refractivity (Wildman–Crippen MR) is 93.6 cm³/mol. The molecule has 1 aliphatic rings. The van der Waals surface area contributed by atoms with Gasteiger partial charge >= 0.3 is 12.1 Å². The maximum Gasteiger partial charge on any atom is 0.416 e. The molecule has 6 nitrogen and oxygen atoms in total. The highest BCUT2D eigenvalue weighted by molar-refractivity contribution is 5.85. The first-order chi connectivity index (χ1) is 13.3. The first-order valence-electron chi connectivity index (χ1n) is 8.40. The molecule has 0 N–H and O–H groups in total. The zero-order valence-electron chi connectivity index (χ0n) is 14.5. The predicted octanol–water partition coefficient (Wildman–Crippen LogP) is 2.64. The maximum absolute atomic E-state index is 13.2. The lowest BCUT2D eigenvalue weighted by atomic mass is 10.0. The number of carbonyl (C=O) groups is 1. The van der Waals surface area contributed by atoms with Gasteiger partial charge in [-0.15, -0.1) is 0 Å². The SMILES string of the molecule is CCOC(=O)[C@H]1c2ccc(C(F)(F)F)cc2-n2c(=O)c3ccccc3c(=O)n21. The molecular formula is C19H13F3N2O4. The highest BCUT2D eigenvalue weighted by Gasteiger charge is 2.40. The van der Waals surface area contributed by atoms with E-state index in [-0.39, 0.29) is 28.6 Å². The van der Waals surface area contributed by atoms with Crippen LogP contribution in [0.2, 0.25) is 0 Å². The molecule has 0 saturated carbocycles. The second kappa shape index (κ2) is 6.08. The molecule has 1 atom stereocenters. The van der Waals surface area contributed by atoms with Gasteiger partial charge in [-0.05, 0) is 31.2 Å². The van der Waals surface area contributed by atoms with Crippen LogP contribution in [-0.2, 0) is 15.7 Å². The van der Waals surface area contributed by atoms with Crippen molar-refractivity contribution in [1.82, 2.24) is 9.36 Å². The fourth-order valence-corrected chi connectivity index (χ4v) is 3.45. The van der Waals surface area contributed by atoms with Crippen LogP contribution < -0.4 is 11.1 Å². The van der Waals surface area contributed by atoms with Crippen molar-refractivity contribution in [1.29, 1.82) is 0 Å². The van der Waals surface area contributed by atoms with Crippen molar-refractivity contribution in [3.05, 3.63) is 74.3 Å². The monoisotopic (exact) mass is 390 g/mol. The first kappa shape index (κ1) is 18.0. The van der Waals surface area contributed by atoms with Gasteiger partial charge in [0.25, 0.3) is 11.1 Å². The molecule has 0 radical (unpaired) electrons. The molecule has 9 heteroatoms. The Kier molecular flexibility index (Phi) is 3.91. The molecule has 1 aliphatic heterocycles. The number of rotatable bonds is 2. The van der Waals surface area contributed by atoms with Crippen LogP contribution in [0, 0.1) is 0 Å². The number of benzene rings is 2. The van der Waals surface area contributed by atoms with Gasteiger partial charge in [0.15, 0.2) is 6.04 Å². The standard InChI is InChI=1S/C19H13F3N2O4/c1-2-28-18(27)15-13-8-7-10(19(20,21)22)9-14(13)23-16(25)11-5-3-4-6-12(11)17(26)24(15)23/h3-9,15H,2H2,1H3/t15-/m1/s1. The van der Waals surface area contributed by atoms with Crippen molar-refractivity contribution in [3.63, 3.8) is 0 Å². The third kappa shape index (κ3) is 2.46. The number of nitrogens with zero attached hydrogens (tertiary/aromatic N) is 2. The summed E-state index contributed by atoms with van der Waals surface area (Å²) in [5, 5.41) is 0.124. The molecule has 0 aliphatic carbocycles. The summed E-state index contributed by atoms with van der Waals surface area (Å²) in [6.45, 7) is 1.58. The third-order valence-corrected chi connectivity index (χ3v) is 4.64. The fraction of sp³-hybridized carbons (Fsp3) is 0.211. The van der Waals surface area contributed by atoms with Gasteiger partial charge in [-0.1, -0.05) is 18.2 Å². The molecule has 1 aromatic heterocycles. The number of ether oxygens (including phenoxy) is 1. The second-order valence-corrected chi connectivity index (χ2v) is 6.24. The van der Waals surface area contributed by atoms with Gasteiger partial charge in [0.2, 0.25) is 0 Å². The van der Waals surface area contributed by atoms with E-state index in [0.29, 0.717) is 0 Å². The molecule has 2 aromatic carbocycles. The number of aromatic nitrogens is 2. The zero-order chi connectivity index (χ0) is 20.2. The van der Waals surface area contributed by atoms with Gasteiger partial charge in [-0.2, -0.15) is 13.2 Å². The minimum Gasteiger partial charge on any atom is -0.464 e. The van der Waals surface area contributed by atoms with Gasteiger partial charge in [0.05, 0.1) is 28.6 Å². The summed E-state index contributed by atoms with van der Waals surface area (Å²) in [6, 6.07) is 7.28. The van der Waals surface area contributed by atoms with Crippen LogP contribution in [0.4, 0.5) is 13.2 Å². The Hall–Kier alpha value is -3.36. The fourth-order valence-electron chi connectivity index (χ4n) is 3.45.